The molecular formula is C32H41NO3. The summed E-state index contributed by atoms with van der Waals surface area (Å²) in [6.07, 6.45) is 5.28. The molecule has 192 valence electrons. The molecule has 36 heavy (non-hydrogen) atoms. The molecule has 0 aromatic heterocycles. The highest BCUT2D eigenvalue weighted by Gasteiger charge is 2.30. The number of aliphatic hydroxyl groups excluding tert-OH is 1. The minimum atomic E-state index is -0.522. The number of aliphatic hydroxyl groups is 1. The zero-order chi connectivity index (χ0) is 25.3. The summed E-state index contributed by atoms with van der Waals surface area (Å²) in [5.74, 6) is 2.39. The van der Waals surface area contributed by atoms with Crippen LogP contribution in [0.4, 0.5) is 0 Å². The first-order chi connectivity index (χ1) is 17.6. The van der Waals surface area contributed by atoms with Crippen molar-refractivity contribution in [3.63, 3.8) is 0 Å². The zero-order valence-electron chi connectivity index (χ0n) is 22.0. The van der Waals surface area contributed by atoms with Crippen molar-refractivity contribution in [2.45, 2.75) is 63.9 Å². The van der Waals surface area contributed by atoms with E-state index in [0.717, 1.165) is 42.9 Å². The number of hydrogen-bond donors (Lipinski definition) is 2. The number of hydrogen-bond acceptors (Lipinski definition) is 4. The van der Waals surface area contributed by atoms with Gasteiger partial charge in [-0.3, -0.25) is 0 Å². The predicted octanol–water partition coefficient (Wildman–Crippen LogP) is 6.39. The fourth-order valence-corrected chi connectivity index (χ4v) is 5.45. The van der Waals surface area contributed by atoms with Gasteiger partial charge in [-0.05, 0) is 91.1 Å². The number of nitrogens with one attached hydrogen (secondary N) is 1. The fraction of sp³-hybridized carbons (Fsp3) is 0.438. The van der Waals surface area contributed by atoms with Crippen molar-refractivity contribution in [1.29, 1.82) is 0 Å². The Bertz CT molecular complexity index is 1090. The molecule has 0 saturated heterocycles. The molecule has 0 spiro atoms. The van der Waals surface area contributed by atoms with Crippen LogP contribution in [0.1, 0.15) is 72.3 Å². The predicted molar refractivity (Wildman–Crippen MR) is 147 cm³/mol. The second kappa shape index (κ2) is 12.9. The molecule has 0 fully saturated rings. The molecule has 1 aliphatic rings. The Labute approximate surface area is 216 Å². The molecule has 1 aliphatic carbocycles. The van der Waals surface area contributed by atoms with Gasteiger partial charge in [-0.1, -0.05) is 61.9 Å². The molecule has 3 atom stereocenters. The van der Waals surface area contributed by atoms with E-state index in [1.54, 1.807) is 7.11 Å². The average molecular weight is 488 g/mol. The van der Waals surface area contributed by atoms with E-state index in [-0.39, 0.29) is 12.5 Å². The quantitative estimate of drug-likeness (QED) is 0.291. The molecule has 0 aliphatic heterocycles. The van der Waals surface area contributed by atoms with Gasteiger partial charge in [-0.15, -0.1) is 0 Å². The zero-order valence-corrected chi connectivity index (χ0v) is 22.0. The Morgan fingerprint density at radius 2 is 1.81 bits per heavy atom. The standard InChI is InChI=1S/C32H41NO3/c1-4-5-19-33-21-27(34)22-36-31-18-15-26(20-23(31)2)32(25-13-16-28(35-3)17-14-25)30-12-8-10-24-9-6-7-11-29(24)30/h6-7,9,11,13-18,20,27,30,32-34H,4-5,8,10,12,19,21-22H2,1-3H3. The Balaban J connectivity index is 1.57. The monoisotopic (exact) mass is 487 g/mol. The number of methoxy groups -OCH3 is 1. The Kier molecular flexibility index (Phi) is 9.43. The second-order valence-electron chi connectivity index (χ2n) is 10.00. The van der Waals surface area contributed by atoms with E-state index in [1.165, 1.54) is 35.1 Å². The molecule has 0 saturated carbocycles. The summed E-state index contributed by atoms with van der Waals surface area (Å²) in [5, 5.41) is 13.6. The number of benzene rings is 3. The van der Waals surface area contributed by atoms with Crippen molar-refractivity contribution in [3.8, 4) is 11.5 Å². The van der Waals surface area contributed by atoms with Gasteiger partial charge in [-0.2, -0.15) is 0 Å². The van der Waals surface area contributed by atoms with Crippen LogP contribution in [0.3, 0.4) is 0 Å². The van der Waals surface area contributed by atoms with Crippen LogP contribution in [0.25, 0.3) is 0 Å². The molecule has 3 unspecified atom stereocenters. The topological polar surface area (TPSA) is 50.7 Å². The third kappa shape index (κ3) is 6.48. The molecule has 0 heterocycles. The fourth-order valence-electron chi connectivity index (χ4n) is 5.45. The van der Waals surface area contributed by atoms with Gasteiger partial charge in [0, 0.05) is 12.5 Å². The third-order valence-corrected chi connectivity index (χ3v) is 7.37. The maximum atomic E-state index is 10.3. The van der Waals surface area contributed by atoms with Crippen LogP contribution in [0.15, 0.2) is 66.7 Å². The summed E-state index contributed by atoms with van der Waals surface area (Å²) in [7, 11) is 1.71. The van der Waals surface area contributed by atoms with Crippen LogP contribution in [-0.4, -0.2) is 38.0 Å². The first kappa shape index (κ1) is 26.2. The Morgan fingerprint density at radius 1 is 1.03 bits per heavy atom. The molecule has 2 N–H and O–H groups in total. The smallest absolute Gasteiger partial charge is 0.122 e. The third-order valence-electron chi connectivity index (χ3n) is 7.37. The van der Waals surface area contributed by atoms with Gasteiger partial charge in [0.25, 0.3) is 0 Å². The van der Waals surface area contributed by atoms with Crippen molar-refractivity contribution in [1.82, 2.24) is 5.32 Å². The van der Waals surface area contributed by atoms with Crippen molar-refractivity contribution in [2.75, 3.05) is 26.8 Å². The highest BCUT2D eigenvalue weighted by Crippen LogP contribution is 2.46. The SMILES string of the molecule is CCCCNCC(O)COc1ccc(C(c2ccc(OC)cc2)C2CCCc3ccccc32)cc1C. The van der Waals surface area contributed by atoms with E-state index in [0.29, 0.717) is 12.5 Å². The molecular weight excluding hydrogens is 446 g/mol. The first-order valence-electron chi connectivity index (χ1n) is 13.4. The number of fused-ring (bicyclic) bond motifs is 1. The lowest BCUT2D eigenvalue weighted by Gasteiger charge is -2.33. The van der Waals surface area contributed by atoms with E-state index in [2.05, 4.69) is 85.9 Å². The minimum Gasteiger partial charge on any atom is -0.497 e. The van der Waals surface area contributed by atoms with Gasteiger partial charge >= 0.3 is 0 Å². The molecule has 4 nitrogen and oxygen atoms in total. The summed E-state index contributed by atoms with van der Waals surface area (Å²) in [5.41, 5.74) is 6.65. The highest BCUT2D eigenvalue weighted by atomic mass is 16.5. The lowest BCUT2D eigenvalue weighted by molar-refractivity contribution is 0.106. The molecule has 4 heteroatoms. The van der Waals surface area contributed by atoms with Crippen LogP contribution in [0, 0.1) is 6.92 Å². The lowest BCUT2D eigenvalue weighted by atomic mass is 9.70. The number of ether oxygens (including phenoxy) is 2. The molecule has 3 aromatic rings. The van der Waals surface area contributed by atoms with Gasteiger partial charge in [0.1, 0.15) is 24.2 Å². The van der Waals surface area contributed by atoms with E-state index in [4.69, 9.17) is 9.47 Å². The minimum absolute atomic E-state index is 0.249. The van der Waals surface area contributed by atoms with E-state index < -0.39 is 6.10 Å². The van der Waals surface area contributed by atoms with Crippen LogP contribution in [0.5, 0.6) is 11.5 Å². The second-order valence-corrected chi connectivity index (χ2v) is 10.00. The van der Waals surface area contributed by atoms with Crippen LogP contribution in [-0.2, 0) is 6.42 Å². The van der Waals surface area contributed by atoms with Gasteiger partial charge in [0.15, 0.2) is 0 Å². The summed E-state index contributed by atoms with van der Waals surface area (Å²) in [4.78, 5) is 0. The number of rotatable bonds is 12. The van der Waals surface area contributed by atoms with E-state index in [9.17, 15) is 5.11 Å². The van der Waals surface area contributed by atoms with Crippen molar-refractivity contribution < 1.29 is 14.6 Å². The largest absolute Gasteiger partial charge is 0.497 e. The summed E-state index contributed by atoms with van der Waals surface area (Å²) in [6.45, 7) is 6.04. The summed E-state index contributed by atoms with van der Waals surface area (Å²) in [6, 6.07) is 24.0. The normalized spacial score (nSPS) is 16.7. The summed E-state index contributed by atoms with van der Waals surface area (Å²) < 4.78 is 11.5. The highest BCUT2D eigenvalue weighted by molar-refractivity contribution is 5.46. The van der Waals surface area contributed by atoms with Gasteiger partial charge in [0.05, 0.1) is 7.11 Å². The molecule has 4 rings (SSSR count). The maximum Gasteiger partial charge on any atom is 0.122 e. The molecule has 0 radical (unpaired) electrons. The van der Waals surface area contributed by atoms with Crippen LogP contribution >= 0.6 is 0 Å². The van der Waals surface area contributed by atoms with Crippen molar-refractivity contribution in [3.05, 3.63) is 94.5 Å². The number of aryl methyl sites for hydroxylation is 2. The number of unbranched alkanes of at least 4 members (excludes halogenated alkanes) is 1. The maximum absolute atomic E-state index is 10.3. The van der Waals surface area contributed by atoms with Crippen molar-refractivity contribution in [2.24, 2.45) is 0 Å². The molecule has 0 amide bonds. The Morgan fingerprint density at radius 3 is 2.56 bits per heavy atom. The summed E-state index contributed by atoms with van der Waals surface area (Å²) >= 11 is 0. The Hall–Kier alpha value is -2.82. The van der Waals surface area contributed by atoms with Crippen LogP contribution in [0.2, 0.25) is 0 Å². The van der Waals surface area contributed by atoms with Gasteiger partial charge < -0.3 is 19.9 Å². The molecule has 3 aromatic carbocycles. The molecule has 0 bridgehead atoms. The van der Waals surface area contributed by atoms with Crippen LogP contribution < -0.4 is 14.8 Å². The van der Waals surface area contributed by atoms with E-state index >= 15 is 0 Å². The van der Waals surface area contributed by atoms with Gasteiger partial charge in [-0.25, -0.2) is 0 Å². The first-order valence-corrected chi connectivity index (χ1v) is 13.4. The van der Waals surface area contributed by atoms with E-state index in [1.807, 2.05) is 0 Å². The van der Waals surface area contributed by atoms with Crippen molar-refractivity contribution >= 4 is 0 Å². The average Bonchev–Trinajstić information content (AvgIpc) is 2.91. The lowest BCUT2D eigenvalue weighted by Crippen LogP contribution is -2.32. The van der Waals surface area contributed by atoms with Gasteiger partial charge in [0.2, 0.25) is 0 Å².